The minimum atomic E-state index is -0.441. The molecule has 0 aliphatic carbocycles. The average molecular weight is 345 g/mol. The summed E-state index contributed by atoms with van der Waals surface area (Å²) in [6, 6.07) is 13.2. The Labute approximate surface area is 145 Å². The molecule has 2 aromatic carbocycles. The number of nitro benzene ring substituents is 1. The number of nitrogens with zero attached hydrogens (tertiary/aromatic N) is 2. The fourth-order valence-corrected chi connectivity index (χ4v) is 2.52. The number of phenolic OH excluding ortho intramolecular Hbond substituents is 1. The van der Waals surface area contributed by atoms with Crippen LogP contribution in [-0.2, 0) is 6.54 Å². The van der Waals surface area contributed by atoms with Crippen molar-refractivity contribution in [2.45, 2.75) is 19.9 Å². The molecular formula is C17H19N3O3S. The summed E-state index contributed by atoms with van der Waals surface area (Å²) in [5.41, 5.74) is 1.51. The number of aromatic hydroxyl groups is 1. The molecule has 0 saturated heterocycles. The Hall–Kier alpha value is -2.67. The van der Waals surface area contributed by atoms with Gasteiger partial charge in [-0.05, 0) is 36.8 Å². The van der Waals surface area contributed by atoms with Crippen LogP contribution in [0.25, 0.3) is 0 Å². The van der Waals surface area contributed by atoms with Crippen LogP contribution in [0, 0.1) is 10.1 Å². The lowest BCUT2D eigenvalue weighted by Crippen LogP contribution is -2.34. The van der Waals surface area contributed by atoms with Gasteiger partial charge in [0, 0.05) is 36.5 Å². The summed E-state index contributed by atoms with van der Waals surface area (Å²) >= 11 is 5.45. The molecule has 0 aromatic heterocycles. The Morgan fingerprint density at radius 2 is 1.92 bits per heavy atom. The Morgan fingerprint density at radius 1 is 1.25 bits per heavy atom. The molecule has 24 heavy (non-hydrogen) atoms. The molecule has 0 aliphatic heterocycles. The number of hydrogen-bond donors (Lipinski definition) is 2. The van der Waals surface area contributed by atoms with Crippen LogP contribution in [0.3, 0.4) is 0 Å². The van der Waals surface area contributed by atoms with E-state index in [-0.39, 0.29) is 11.4 Å². The molecule has 0 unspecified atom stereocenters. The highest BCUT2D eigenvalue weighted by molar-refractivity contribution is 7.80. The molecule has 7 heteroatoms. The van der Waals surface area contributed by atoms with Crippen molar-refractivity contribution < 1.29 is 10.0 Å². The molecule has 0 heterocycles. The summed E-state index contributed by atoms with van der Waals surface area (Å²) in [6.45, 7) is 3.26. The van der Waals surface area contributed by atoms with E-state index < -0.39 is 4.92 Å². The first-order valence-electron chi connectivity index (χ1n) is 7.58. The number of phenols is 1. The molecule has 0 atom stereocenters. The van der Waals surface area contributed by atoms with E-state index in [0.717, 1.165) is 18.5 Å². The SMILES string of the molecule is CCCN(Cc1ccccc1O)C(=S)Nc1ccc([N+](=O)[O-])cc1. The third kappa shape index (κ3) is 4.66. The van der Waals surface area contributed by atoms with E-state index in [4.69, 9.17) is 12.2 Å². The number of rotatable bonds is 6. The van der Waals surface area contributed by atoms with E-state index in [1.807, 2.05) is 24.0 Å². The van der Waals surface area contributed by atoms with E-state index in [9.17, 15) is 15.2 Å². The Morgan fingerprint density at radius 3 is 2.50 bits per heavy atom. The van der Waals surface area contributed by atoms with Crippen LogP contribution < -0.4 is 5.32 Å². The topological polar surface area (TPSA) is 78.6 Å². The first-order chi connectivity index (χ1) is 11.5. The van der Waals surface area contributed by atoms with Crippen LogP contribution in [0.4, 0.5) is 11.4 Å². The van der Waals surface area contributed by atoms with E-state index >= 15 is 0 Å². The molecule has 0 amide bonds. The monoisotopic (exact) mass is 345 g/mol. The van der Waals surface area contributed by atoms with Gasteiger partial charge < -0.3 is 15.3 Å². The fourth-order valence-electron chi connectivity index (χ4n) is 2.24. The van der Waals surface area contributed by atoms with Crippen molar-refractivity contribution in [3.8, 4) is 5.75 Å². The maximum Gasteiger partial charge on any atom is 0.269 e. The van der Waals surface area contributed by atoms with Gasteiger partial charge in [-0.15, -0.1) is 0 Å². The number of non-ortho nitro benzene ring substituents is 1. The predicted molar refractivity (Wildman–Crippen MR) is 98.1 cm³/mol. The molecule has 6 nitrogen and oxygen atoms in total. The summed E-state index contributed by atoms with van der Waals surface area (Å²) in [5.74, 6) is 0.233. The van der Waals surface area contributed by atoms with Crippen LogP contribution in [0.1, 0.15) is 18.9 Å². The Kier molecular flexibility index (Phi) is 6.08. The largest absolute Gasteiger partial charge is 0.508 e. The third-order valence-electron chi connectivity index (χ3n) is 3.46. The standard InChI is InChI=1S/C17H19N3O3S/c1-2-11-19(12-13-5-3-4-6-16(13)21)17(24)18-14-7-9-15(10-8-14)20(22)23/h3-10,21H,2,11-12H2,1H3,(H,18,24). The molecule has 2 rings (SSSR count). The van der Waals surface area contributed by atoms with Crippen molar-refractivity contribution in [3.05, 3.63) is 64.2 Å². The molecule has 0 spiro atoms. The number of nitro groups is 1. The van der Waals surface area contributed by atoms with Crippen molar-refractivity contribution in [2.24, 2.45) is 0 Å². The lowest BCUT2D eigenvalue weighted by molar-refractivity contribution is -0.384. The Balaban J connectivity index is 2.08. The molecule has 126 valence electrons. The summed E-state index contributed by atoms with van der Waals surface area (Å²) in [7, 11) is 0. The maximum absolute atomic E-state index is 10.7. The van der Waals surface area contributed by atoms with Gasteiger partial charge >= 0.3 is 0 Å². The van der Waals surface area contributed by atoms with E-state index in [0.29, 0.717) is 17.3 Å². The zero-order chi connectivity index (χ0) is 17.5. The Bertz CT molecular complexity index is 719. The van der Waals surface area contributed by atoms with Gasteiger partial charge in [-0.2, -0.15) is 0 Å². The van der Waals surface area contributed by atoms with Crippen LogP contribution >= 0.6 is 12.2 Å². The number of hydrogen-bond acceptors (Lipinski definition) is 4. The number of anilines is 1. The fraction of sp³-hybridized carbons (Fsp3) is 0.235. The summed E-state index contributed by atoms with van der Waals surface area (Å²) in [6.07, 6.45) is 0.898. The highest BCUT2D eigenvalue weighted by Crippen LogP contribution is 2.20. The number of thiocarbonyl (C=S) groups is 1. The molecule has 0 saturated carbocycles. The van der Waals surface area contributed by atoms with Gasteiger partial charge in [0.15, 0.2) is 5.11 Å². The second kappa shape index (κ2) is 8.26. The van der Waals surface area contributed by atoms with Crippen molar-refractivity contribution in [3.63, 3.8) is 0 Å². The molecule has 0 aliphatic rings. The average Bonchev–Trinajstić information content (AvgIpc) is 2.56. The normalized spacial score (nSPS) is 10.2. The highest BCUT2D eigenvalue weighted by atomic mass is 32.1. The summed E-state index contributed by atoms with van der Waals surface area (Å²) in [5, 5.41) is 24.2. The molecule has 0 radical (unpaired) electrons. The van der Waals surface area contributed by atoms with Crippen molar-refractivity contribution >= 4 is 28.7 Å². The third-order valence-corrected chi connectivity index (χ3v) is 3.82. The van der Waals surface area contributed by atoms with Gasteiger partial charge in [-0.3, -0.25) is 10.1 Å². The number of nitrogens with one attached hydrogen (secondary N) is 1. The number of para-hydroxylation sites is 1. The first kappa shape index (κ1) is 17.7. The predicted octanol–water partition coefficient (Wildman–Crippen LogP) is 3.91. The summed E-state index contributed by atoms with van der Waals surface area (Å²) < 4.78 is 0. The van der Waals surface area contributed by atoms with Gasteiger partial charge in [-0.1, -0.05) is 25.1 Å². The highest BCUT2D eigenvalue weighted by Gasteiger charge is 2.12. The van der Waals surface area contributed by atoms with Crippen molar-refractivity contribution in [2.75, 3.05) is 11.9 Å². The molecule has 0 bridgehead atoms. The van der Waals surface area contributed by atoms with Gasteiger partial charge in [0.25, 0.3) is 5.69 Å². The van der Waals surface area contributed by atoms with E-state index in [1.54, 1.807) is 24.3 Å². The lowest BCUT2D eigenvalue weighted by Gasteiger charge is -2.26. The maximum atomic E-state index is 10.7. The molecule has 2 aromatic rings. The second-order valence-electron chi connectivity index (χ2n) is 5.28. The minimum absolute atomic E-state index is 0.0334. The van der Waals surface area contributed by atoms with Gasteiger partial charge in [0.2, 0.25) is 0 Å². The van der Waals surface area contributed by atoms with Crippen LogP contribution in [0.5, 0.6) is 5.75 Å². The zero-order valence-electron chi connectivity index (χ0n) is 13.3. The number of benzene rings is 2. The lowest BCUT2D eigenvalue weighted by atomic mass is 10.2. The first-order valence-corrected chi connectivity index (χ1v) is 7.99. The van der Waals surface area contributed by atoms with Gasteiger partial charge in [-0.25, -0.2) is 0 Å². The van der Waals surface area contributed by atoms with Crippen molar-refractivity contribution in [1.29, 1.82) is 0 Å². The minimum Gasteiger partial charge on any atom is -0.508 e. The van der Waals surface area contributed by atoms with Crippen molar-refractivity contribution in [1.82, 2.24) is 4.90 Å². The summed E-state index contributed by atoms with van der Waals surface area (Å²) in [4.78, 5) is 12.2. The molecule has 2 N–H and O–H groups in total. The van der Waals surface area contributed by atoms with Crippen LogP contribution in [0.2, 0.25) is 0 Å². The van der Waals surface area contributed by atoms with Gasteiger partial charge in [0.05, 0.1) is 4.92 Å². The molecular weight excluding hydrogens is 326 g/mol. The van der Waals surface area contributed by atoms with E-state index in [1.165, 1.54) is 12.1 Å². The van der Waals surface area contributed by atoms with Crippen LogP contribution in [-0.4, -0.2) is 26.6 Å². The van der Waals surface area contributed by atoms with E-state index in [2.05, 4.69) is 5.32 Å². The molecule has 0 fully saturated rings. The second-order valence-corrected chi connectivity index (χ2v) is 5.67. The van der Waals surface area contributed by atoms with Gasteiger partial charge in [0.1, 0.15) is 5.75 Å². The quantitative estimate of drug-likeness (QED) is 0.469. The zero-order valence-corrected chi connectivity index (χ0v) is 14.1. The van der Waals surface area contributed by atoms with Crippen LogP contribution in [0.15, 0.2) is 48.5 Å². The smallest absolute Gasteiger partial charge is 0.269 e.